The highest BCUT2D eigenvalue weighted by atomic mass is 16.4. The van der Waals surface area contributed by atoms with E-state index in [-0.39, 0.29) is 5.56 Å². The minimum absolute atomic E-state index is 0.192. The molecule has 1 atom stereocenters. The number of benzene rings is 1. The largest absolute Gasteiger partial charge is 0.478 e. The van der Waals surface area contributed by atoms with Crippen LogP contribution in [0.5, 0.6) is 0 Å². The van der Waals surface area contributed by atoms with Crippen molar-refractivity contribution in [3.63, 3.8) is 0 Å². The highest BCUT2D eigenvalue weighted by molar-refractivity contribution is 5.87. The Morgan fingerprint density at radius 1 is 1.24 bits per heavy atom. The molecular formula is C13H10O4. The second kappa shape index (κ2) is 6.34. The Morgan fingerprint density at radius 2 is 1.88 bits per heavy atom. The maximum Gasteiger partial charge on any atom is 0.335 e. The molecule has 1 aromatic rings. The number of aliphatic hydroxyl groups is 2. The molecule has 0 aliphatic carbocycles. The van der Waals surface area contributed by atoms with E-state index in [1.807, 2.05) is 0 Å². The van der Waals surface area contributed by atoms with Gasteiger partial charge >= 0.3 is 5.97 Å². The summed E-state index contributed by atoms with van der Waals surface area (Å²) in [5.74, 6) is 8.88. The van der Waals surface area contributed by atoms with Crippen LogP contribution in [0.2, 0.25) is 0 Å². The smallest absolute Gasteiger partial charge is 0.335 e. The minimum Gasteiger partial charge on any atom is -0.478 e. The summed E-state index contributed by atoms with van der Waals surface area (Å²) in [5, 5.41) is 26.0. The van der Waals surface area contributed by atoms with Crippen molar-refractivity contribution in [1.29, 1.82) is 0 Å². The summed E-state index contributed by atoms with van der Waals surface area (Å²) in [6.07, 6.45) is -1.08. The van der Waals surface area contributed by atoms with Crippen LogP contribution in [0.25, 0.3) is 0 Å². The molecule has 4 nitrogen and oxygen atoms in total. The van der Waals surface area contributed by atoms with Gasteiger partial charge in [-0.2, -0.15) is 0 Å². The molecule has 0 saturated heterocycles. The van der Waals surface area contributed by atoms with E-state index in [0.29, 0.717) is 5.56 Å². The van der Waals surface area contributed by atoms with Crippen LogP contribution in [0.1, 0.15) is 15.9 Å². The maximum atomic E-state index is 10.6. The zero-order valence-corrected chi connectivity index (χ0v) is 8.84. The fourth-order valence-electron chi connectivity index (χ4n) is 0.965. The number of aromatic carboxylic acids is 1. The van der Waals surface area contributed by atoms with Gasteiger partial charge in [-0.1, -0.05) is 11.8 Å². The van der Waals surface area contributed by atoms with Crippen LogP contribution in [-0.4, -0.2) is 34.0 Å². The van der Waals surface area contributed by atoms with E-state index in [4.69, 9.17) is 15.3 Å². The summed E-state index contributed by atoms with van der Waals surface area (Å²) in [6, 6.07) is 6.03. The summed E-state index contributed by atoms with van der Waals surface area (Å²) in [7, 11) is 0. The number of carbonyl (C=O) groups is 1. The molecule has 0 bridgehead atoms. The molecule has 0 saturated carbocycles. The molecule has 0 radical (unpaired) electrons. The van der Waals surface area contributed by atoms with Gasteiger partial charge in [-0.05, 0) is 36.1 Å². The third-order valence-corrected chi connectivity index (χ3v) is 1.81. The Balaban J connectivity index is 2.72. The van der Waals surface area contributed by atoms with Crippen molar-refractivity contribution >= 4 is 5.97 Å². The van der Waals surface area contributed by atoms with Crippen LogP contribution in [0.4, 0.5) is 0 Å². The van der Waals surface area contributed by atoms with Gasteiger partial charge in [-0.25, -0.2) is 4.79 Å². The zero-order valence-electron chi connectivity index (χ0n) is 8.84. The maximum absolute atomic E-state index is 10.6. The Hall–Kier alpha value is -2.27. The molecule has 0 spiro atoms. The predicted octanol–water partition coefficient (Wildman–Crippen LogP) is 0.0929. The first-order valence-corrected chi connectivity index (χ1v) is 4.77. The number of aliphatic hydroxyl groups excluding tert-OH is 2. The van der Waals surface area contributed by atoms with Crippen LogP contribution in [0.15, 0.2) is 24.3 Å². The van der Waals surface area contributed by atoms with E-state index < -0.39 is 18.7 Å². The average molecular weight is 230 g/mol. The van der Waals surface area contributed by atoms with Crippen LogP contribution in [-0.2, 0) is 0 Å². The minimum atomic E-state index is -1.08. The monoisotopic (exact) mass is 230 g/mol. The fraction of sp³-hybridized carbons (Fsp3) is 0.154. The molecule has 0 amide bonds. The van der Waals surface area contributed by atoms with Crippen molar-refractivity contribution < 1.29 is 20.1 Å². The summed E-state index contributed by atoms with van der Waals surface area (Å²) in [6.45, 7) is -0.429. The first-order chi connectivity index (χ1) is 8.13. The summed E-state index contributed by atoms with van der Waals surface area (Å²) in [5.41, 5.74) is 0.820. The molecule has 0 aromatic heterocycles. The predicted molar refractivity (Wildman–Crippen MR) is 61.1 cm³/mol. The molecule has 1 aromatic carbocycles. The van der Waals surface area contributed by atoms with Crippen molar-refractivity contribution in [3.05, 3.63) is 35.4 Å². The molecule has 0 heterocycles. The van der Waals surface area contributed by atoms with E-state index in [9.17, 15) is 4.79 Å². The second-order valence-corrected chi connectivity index (χ2v) is 3.10. The number of carboxylic acid groups (broad SMARTS) is 1. The molecule has 3 N–H and O–H groups in total. The van der Waals surface area contributed by atoms with Gasteiger partial charge in [0.05, 0.1) is 12.2 Å². The first kappa shape index (κ1) is 12.8. The van der Waals surface area contributed by atoms with Gasteiger partial charge in [0.25, 0.3) is 0 Å². The van der Waals surface area contributed by atoms with Crippen LogP contribution in [0.3, 0.4) is 0 Å². The Labute approximate surface area is 98.5 Å². The molecule has 0 unspecified atom stereocenters. The number of hydrogen-bond acceptors (Lipinski definition) is 3. The van der Waals surface area contributed by atoms with Gasteiger partial charge in [-0.3, -0.25) is 0 Å². The molecular weight excluding hydrogens is 220 g/mol. The molecule has 86 valence electrons. The van der Waals surface area contributed by atoms with E-state index in [1.54, 1.807) is 12.1 Å². The standard InChI is InChI=1S/C13H10O4/c14-9-12(15)4-2-1-3-10-5-7-11(8-6-10)13(16)17/h5-8,12,14-15H,9H2,(H,16,17)/t12-/m1/s1. The van der Waals surface area contributed by atoms with Gasteiger partial charge in [-0.15, -0.1) is 0 Å². The van der Waals surface area contributed by atoms with E-state index >= 15 is 0 Å². The molecule has 17 heavy (non-hydrogen) atoms. The van der Waals surface area contributed by atoms with Crippen molar-refractivity contribution in [2.75, 3.05) is 6.61 Å². The zero-order chi connectivity index (χ0) is 12.7. The third kappa shape index (κ3) is 4.40. The van der Waals surface area contributed by atoms with Crippen LogP contribution in [0, 0.1) is 23.7 Å². The van der Waals surface area contributed by atoms with Crippen molar-refractivity contribution in [2.24, 2.45) is 0 Å². The summed E-state index contributed by atoms with van der Waals surface area (Å²) >= 11 is 0. The summed E-state index contributed by atoms with van der Waals surface area (Å²) < 4.78 is 0. The van der Waals surface area contributed by atoms with Gasteiger partial charge in [0.15, 0.2) is 0 Å². The van der Waals surface area contributed by atoms with Crippen molar-refractivity contribution in [1.82, 2.24) is 0 Å². The SMILES string of the molecule is O=C(O)c1ccc(C#CC#C[C@@H](O)CO)cc1. The number of carboxylic acids is 1. The Morgan fingerprint density at radius 3 is 2.41 bits per heavy atom. The lowest BCUT2D eigenvalue weighted by molar-refractivity contribution is 0.0697. The van der Waals surface area contributed by atoms with Gasteiger partial charge in [0.1, 0.15) is 6.10 Å². The number of hydrogen-bond donors (Lipinski definition) is 3. The normalized spacial score (nSPS) is 10.5. The highest BCUT2D eigenvalue weighted by Gasteiger charge is 1.99. The van der Waals surface area contributed by atoms with Crippen LogP contribution < -0.4 is 0 Å². The van der Waals surface area contributed by atoms with Gasteiger partial charge in [0, 0.05) is 5.56 Å². The van der Waals surface area contributed by atoms with Crippen molar-refractivity contribution in [3.8, 4) is 23.7 Å². The lowest BCUT2D eigenvalue weighted by Gasteiger charge is -1.93. The summed E-state index contributed by atoms with van der Waals surface area (Å²) in [4.78, 5) is 10.6. The second-order valence-electron chi connectivity index (χ2n) is 3.10. The Kier molecular flexibility index (Phi) is 4.77. The molecule has 0 aliphatic rings. The van der Waals surface area contributed by atoms with Crippen molar-refractivity contribution in [2.45, 2.75) is 6.10 Å². The van der Waals surface area contributed by atoms with E-state index in [2.05, 4.69) is 23.7 Å². The average Bonchev–Trinajstić information content (AvgIpc) is 2.34. The lowest BCUT2D eigenvalue weighted by Crippen LogP contribution is -2.07. The molecule has 0 aliphatic heterocycles. The van der Waals surface area contributed by atoms with E-state index in [1.165, 1.54) is 12.1 Å². The Bertz CT molecular complexity index is 508. The number of rotatable bonds is 2. The topological polar surface area (TPSA) is 77.8 Å². The highest BCUT2D eigenvalue weighted by Crippen LogP contribution is 2.02. The molecule has 4 heteroatoms. The van der Waals surface area contributed by atoms with E-state index in [0.717, 1.165) is 0 Å². The fourth-order valence-corrected chi connectivity index (χ4v) is 0.965. The van der Waals surface area contributed by atoms with Gasteiger partial charge in [0.2, 0.25) is 0 Å². The first-order valence-electron chi connectivity index (χ1n) is 4.77. The molecule has 0 fully saturated rings. The molecule has 1 rings (SSSR count). The lowest BCUT2D eigenvalue weighted by atomic mass is 10.1. The van der Waals surface area contributed by atoms with Gasteiger partial charge < -0.3 is 15.3 Å². The van der Waals surface area contributed by atoms with Crippen LogP contribution >= 0.6 is 0 Å². The third-order valence-electron chi connectivity index (χ3n) is 1.81. The quantitative estimate of drug-likeness (QED) is 0.629.